The highest BCUT2D eigenvalue weighted by molar-refractivity contribution is 5.92. The van der Waals surface area contributed by atoms with E-state index in [-0.39, 0.29) is 11.4 Å². The Kier molecular flexibility index (Phi) is 4.77. The summed E-state index contributed by atoms with van der Waals surface area (Å²) >= 11 is 0. The maximum Gasteiger partial charge on any atom is 0.273 e. The molecule has 0 atom stereocenters. The summed E-state index contributed by atoms with van der Waals surface area (Å²) in [5, 5.41) is 3.08. The van der Waals surface area contributed by atoms with Crippen molar-refractivity contribution >= 4 is 11.7 Å². The number of likely N-dealkylation sites (N-methyl/N-ethyl adjacent to an activating group) is 2. The lowest BCUT2D eigenvalue weighted by molar-refractivity contribution is 0.0250. The molecule has 1 amide bonds. The lowest BCUT2D eigenvalue weighted by Gasteiger charge is -2.49. The minimum Gasteiger partial charge on any atom is -0.369 e. The molecule has 0 radical (unpaired) electrons. The Morgan fingerprint density at radius 2 is 2.05 bits per heavy atom. The third-order valence-corrected chi connectivity index (χ3v) is 4.32. The third kappa shape index (κ3) is 3.32. The number of nitrogens with zero attached hydrogens (tertiary/aromatic N) is 4. The Hall–Kier alpha value is -1.69. The number of hydrogen-bond acceptors (Lipinski definition) is 5. The molecule has 21 heavy (non-hydrogen) atoms. The predicted octanol–water partition coefficient (Wildman–Crippen LogP) is 1.46. The summed E-state index contributed by atoms with van der Waals surface area (Å²) in [6.07, 6.45) is 6.67. The Morgan fingerprint density at radius 1 is 1.33 bits per heavy atom. The van der Waals surface area contributed by atoms with E-state index in [2.05, 4.69) is 34.3 Å². The number of amides is 1. The molecule has 116 valence electrons. The van der Waals surface area contributed by atoms with Gasteiger partial charge >= 0.3 is 0 Å². The molecule has 1 N–H and O–H groups in total. The van der Waals surface area contributed by atoms with Gasteiger partial charge in [-0.3, -0.25) is 9.78 Å². The van der Waals surface area contributed by atoms with Gasteiger partial charge in [0.05, 0.1) is 12.4 Å². The van der Waals surface area contributed by atoms with Gasteiger partial charge in [0.1, 0.15) is 11.5 Å². The van der Waals surface area contributed by atoms with Gasteiger partial charge in [0.15, 0.2) is 0 Å². The quantitative estimate of drug-likeness (QED) is 0.860. The minimum atomic E-state index is -0.0737. The topological polar surface area (TPSA) is 61.4 Å². The number of carbonyl (C=O) groups excluding carboxylic acids is 1. The van der Waals surface area contributed by atoms with Gasteiger partial charge in [0.25, 0.3) is 5.91 Å². The third-order valence-electron chi connectivity index (χ3n) is 4.32. The summed E-state index contributed by atoms with van der Waals surface area (Å²) in [6.45, 7) is 3.47. The van der Waals surface area contributed by atoms with E-state index in [0.29, 0.717) is 11.5 Å². The molecule has 1 aliphatic carbocycles. The van der Waals surface area contributed by atoms with Crippen LogP contribution < -0.4 is 5.32 Å². The second kappa shape index (κ2) is 6.39. The van der Waals surface area contributed by atoms with E-state index in [1.165, 1.54) is 12.6 Å². The van der Waals surface area contributed by atoms with Crippen LogP contribution in [0.1, 0.15) is 36.7 Å². The molecule has 0 unspecified atom stereocenters. The zero-order valence-corrected chi connectivity index (χ0v) is 13.4. The fraction of sp³-hybridized carbons (Fsp3) is 0.667. The van der Waals surface area contributed by atoms with E-state index in [9.17, 15) is 4.79 Å². The maximum absolute atomic E-state index is 12.5. The highest BCUT2D eigenvalue weighted by atomic mass is 16.2. The summed E-state index contributed by atoms with van der Waals surface area (Å²) in [7, 11) is 6.01. The standard InChI is InChI=1S/C15H25N5O/c1-5-17-13-10-16-9-12(18-13)14(21)20(4)11-15(19(2)3)7-6-8-15/h9-10H,5-8,11H2,1-4H3,(H,17,18). The molecular formula is C15H25N5O. The van der Waals surface area contributed by atoms with Crippen LogP contribution in [0.3, 0.4) is 0 Å². The van der Waals surface area contributed by atoms with E-state index in [1.54, 1.807) is 11.1 Å². The first-order valence-corrected chi connectivity index (χ1v) is 7.47. The molecule has 1 fully saturated rings. The molecule has 0 bridgehead atoms. The highest BCUT2D eigenvalue weighted by Crippen LogP contribution is 2.36. The van der Waals surface area contributed by atoms with Crippen molar-refractivity contribution in [2.45, 2.75) is 31.7 Å². The van der Waals surface area contributed by atoms with Gasteiger partial charge in [-0.2, -0.15) is 0 Å². The molecule has 0 aromatic carbocycles. The molecule has 1 heterocycles. The van der Waals surface area contributed by atoms with Gasteiger partial charge in [-0.15, -0.1) is 0 Å². The number of anilines is 1. The van der Waals surface area contributed by atoms with Crippen molar-refractivity contribution in [2.24, 2.45) is 0 Å². The van der Waals surface area contributed by atoms with Crippen LogP contribution in [0.2, 0.25) is 0 Å². The largest absolute Gasteiger partial charge is 0.369 e. The van der Waals surface area contributed by atoms with E-state index in [0.717, 1.165) is 25.9 Å². The van der Waals surface area contributed by atoms with Crippen LogP contribution in [0.25, 0.3) is 0 Å². The fourth-order valence-electron chi connectivity index (χ4n) is 2.78. The van der Waals surface area contributed by atoms with E-state index in [4.69, 9.17) is 0 Å². The first kappa shape index (κ1) is 15.7. The van der Waals surface area contributed by atoms with Crippen molar-refractivity contribution in [1.82, 2.24) is 19.8 Å². The van der Waals surface area contributed by atoms with E-state index >= 15 is 0 Å². The van der Waals surface area contributed by atoms with E-state index in [1.807, 2.05) is 14.0 Å². The Labute approximate surface area is 126 Å². The van der Waals surface area contributed by atoms with Gasteiger partial charge in [0.2, 0.25) is 0 Å². The van der Waals surface area contributed by atoms with Crippen molar-refractivity contribution in [2.75, 3.05) is 39.5 Å². The number of rotatable bonds is 6. The summed E-state index contributed by atoms with van der Waals surface area (Å²) in [6, 6.07) is 0. The van der Waals surface area contributed by atoms with Crippen LogP contribution in [0.5, 0.6) is 0 Å². The molecular weight excluding hydrogens is 266 g/mol. The number of hydrogen-bond donors (Lipinski definition) is 1. The zero-order valence-electron chi connectivity index (χ0n) is 13.4. The Bertz CT molecular complexity index is 499. The van der Waals surface area contributed by atoms with Gasteiger partial charge in [0, 0.05) is 25.7 Å². The van der Waals surface area contributed by atoms with Crippen molar-refractivity contribution in [3.63, 3.8) is 0 Å². The van der Waals surface area contributed by atoms with Gasteiger partial charge in [-0.1, -0.05) is 0 Å². The summed E-state index contributed by atoms with van der Waals surface area (Å²) in [5.74, 6) is 0.568. The molecule has 0 aliphatic heterocycles. The summed E-state index contributed by atoms with van der Waals surface area (Å²) in [4.78, 5) is 24.9. The Balaban J connectivity index is 2.07. The van der Waals surface area contributed by atoms with Crippen LogP contribution in [0.4, 0.5) is 5.82 Å². The molecule has 6 heteroatoms. The molecule has 0 saturated heterocycles. The summed E-state index contributed by atoms with van der Waals surface area (Å²) < 4.78 is 0. The van der Waals surface area contributed by atoms with Gasteiger partial charge < -0.3 is 15.1 Å². The molecule has 1 saturated carbocycles. The fourth-order valence-corrected chi connectivity index (χ4v) is 2.78. The SMILES string of the molecule is CCNc1cncc(C(=O)N(C)CC2(N(C)C)CCC2)n1. The van der Waals surface area contributed by atoms with Gasteiger partial charge in [-0.25, -0.2) is 4.98 Å². The second-order valence-electron chi connectivity index (χ2n) is 5.95. The van der Waals surface area contributed by atoms with E-state index < -0.39 is 0 Å². The monoisotopic (exact) mass is 291 g/mol. The zero-order chi connectivity index (χ0) is 15.5. The smallest absolute Gasteiger partial charge is 0.273 e. The first-order valence-electron chi connectivity index (χ1n) is 7.47. The lowest BCUT2D eigenvalue weighted by atomic mass is 9.75. The van der Waals surface area contributed by atoms with Crippen molar-refractivity contribution < 1.29 is 4.79 Å². The summed E-state index contributed by atoms with van der Waals surface area (Å²) in [5.41, 5.74) is 0.515. The molecule has 2 rings (SSSR count). The predicted molar refractivity (Wildman–Crippen MR) is 83.4 cm³/mol. The highest BCUT2D eigenvalue weighted by Gasteiger charge is 2.40. The maximum atomic E-state index is 12.5. The minimum absolute atomic E-state index is 0.0737. The van der Waals surface area contributed by atoms with Crippen molar-refractivity contribution in [1.29, 1.82) is 0 Å². The normalized spacial score (nSPS) is 16.4. The average molecular weight is 291 g/mol. The van der Waals surface area contributed by atoms with Crippen LogP contribution in [0.15, 0.2) is 12.4 Å². The van der Waals surface area contributed by atoms with Crippen LogP contribution in [-0.4, -0.2) is 65.4 Å². The molecule has 1 aromatic heterocycles. The van der Waals surface area contributed by atoms with Crippen LogP contribution in [0, 0.1) is 0 Å². The molecule has 6 nitrogen and oxygen atoms in total. The number of nitrogens with one attached hydrogen (secondary N) is 1. The number of carbonyl (C=O) groups is 1. The lowest BCUT2D eigenvalue weighted by Crippen LogP contribution is -2.57. The Morgan fingerprint density at radius 3 is 2.57 bits per heavy atom. The van der Waals surface area contributed by atoms with Crippen LogP contribution >= 0.6 is 0 Å². The average Bonchev–Trinajstić information content (AvgIpc) is 2.42. The van der Waals surface area contributed by atoms with Gasteiger partial charge in [-0.05, 0) is 40.3 Å². The molecule has 1 aliphatic rings. The second-order valence-corrected chi connectivity index (χ2v) is 5.95. The van der Waals surface area contributed by atoms with Crippen molar-refractivity contribution in [3.05, 3.63) is 18.1 Å². The van der Waals surface area contributed by atoms with Crippen molar-refractivity contribution in [3.8, 4) is 0 Å². The first-order chi connectivity index (χ1) is 9.98. The molecule has 0 spiro atoms. The molecule has 1 aromatic rings. The number of aromatic nitrogens is 2. The van der Waals surface area contributed by atoms with Crippen LogP contribution in [-0.2, 0) is 0 Å².